The molecule has 0 amide bonds. The van der Waals surface area contributed by atoms with Crippen LogP contribution in [-0.2, 0) is 4.79 Å². The first-order chi connectivity index (χ1) is 5.61. The van der Waals surface area contributed by atoms with Crippen molar-refractivity contribution in [2.45, 2.75) is 31.1 Å². The van der Waals surface area contributed by atoms with Gasteiger partial charge in [-0.05, 0) is 13.0 Å². The van der Waals surface area contributed by atoms with E-state index in [9.17, 15) is 15.0 Å². The summed E-state index contributed by atoms with van der Waals surface area (Å²) in [6.07, 6.45) is -1.38. The Balaban J connectivity index is 2.40. The highest BCUT2D eigenvalue weighted by Gasteiger charge is 2.31. The fourth-order valence-electron chi connectivity index (χ4n) is 1.41. The molecule has 12 heavy (non-hydrogen) atoms. The number of carboxylic acids is 1. The fourth-order valence-corrected chi connectivity index (χ4v) is 1.41. The number of hydrogen-bond acceptors (Lipinski definition) is 4. The monoisotopic (exact) mass is 175 g/mol. The van der Waals surface area contributed by atoms with Gasteiger partial charge in [-0.15, -0.1) is 0 Å². The summed E-state index contributed by atoms with van der Waals surface area (Å²) < 4.78 is 0. The van der Waals surface area contributed by atoms with Gasteiger partial charge in [0, 0.05) is 0 Å². The summed E-state index contributed by atoms with van der Waals surface area (Å²) in [5, 5.41) is 29.8. The summed E-state index contributed by atoms with van der Waals surface area (Å²) >= 11 is 0. The first-order valence-electron chi connectivity index (χ1n) is 3.92. The Morgan fingerprint density at radius 3 is 2.75 bits per heavy atom. The lowest BCUT2D eigenvalue weighted by molar-refractivity contribution is -0.139. The van der Waals surface area contributed by atoms with Gasteiger partial charge in [0.15, 0.2) is 0 Å². The van der Waals surface area contributed by atoms with Crippen molar-refractivity contribution in [1.82, 2.24) is 5.32 Å². The van der Waals surface area contributed by atoms with Crippen LogP contribution >= 0.6 is 0 Å². The molecule has 0 aromatic carbocycles. The summed E-state index contributed by atoms with van der Waals surface area (Å²) in [6.45, 7) is 0.627. The Hall–Kier alpha value is -0.650. The molecule has 0 spiro atoms. The Morgan fingerprint density at radius 2 is 2.33 bits per heavy atom. The van der Waals surface area contributed by atoms with Crippen LogP contribution < -0.4 is 5.32 Å². The average molecular weight is 175 g/mol. The Morgan fingerprint density at radius 1 is 1.67 bits per heavy atom. The van der Waals surface area contributed by atoms with Gasteiger partial charge >= 0.3 is 5.97 Å². The maximum Gasteiger partial charge on any atom is 0.306 e. The third-order valence-corrected chi connectivity index (χ3v) is 2.03. The molecule has 5 nitrogen and oxygen atoms in total. The first-order valence-corrected chi connectivity index (χ1v) is 3.92. The lowest BCUT2D eigenvalue weighted by atomic mass is 10.0. The van der Waals surface area contributed by atoms with E-state index in [1.807, 2.05) is 0 Å². The van der Waals surface area contributed by atoms with Gasteiger partial charge in [0.1, 0.15) is 0 Å². The molecule has 0 unspecified atom stereocenters. The summed E-state index contributed by atoms with van der Waals surface area (Å²) in [5.41, 5.74) is 0. The fraction of sp³-hybridized carbons (Fsp3) is 0.857. The van der Waals surface area contributed by atoms with Crippen molar-refractivity contribution in [3.8, 4) is 0 Å². The van der Waals surface area contributed by atoms with E-state index in [-0.39, 0.29) is 6.42 Å². The molecule has 1 fully saturated rings. The molecular weight excluding hydrogens is 162 g/mol. The second-order valence-electron chi connectivity index (χ2n) is 3.00. The maximum atomic E-state index is 10.2. The van der Waals surface area contributed by atoms with E-state index < -0.39 is 24.2 Å². The minimum atomic E-state index is -1.05. The highest BCUT2D eigenvalue weighted by atomic mass is 16.4. The zero-order valence-corrected chi connectivity index (χ0v) is 6.60. The lowest BCUT2D eigenvalue weighted by Crippen LogP contribution is -2.42. The van der Waals surface area contributed by atoms with E-state index in [1.165, 1.54) is 0 Å². The van der Waals surface area contributed by atoms with Crippen LogP contribution in [0.2, 0.25) is 0 Å². The molecule has 4 N–H and O–H groups in total. The molecular formula is C7H13NO4. The molecule has 1 aliphatic rings. The van der Waals surface area contributed by atoms with Gasteiger partial charge in [0.25, 0.3) is 0 Å². The molecule has 0 aliphatic carbocycles. The number of aliphatic hydroxyl groups is 2. The number of hydrogen-bond donors (Lipinski definition) is 4. The van der Waals surface area contributed by atoms with Gasteiger partial charge in [-0.25, -0.2) is 0 Å². The zero-order valence-electron chi connectivity index (χ0n) is 6.60. The molecule has 0 aromatic rings. The Bertz CT molecular complexity index is 173. The number of carbonyl (C=O) groups is 1. The van der Waals surface area contributed by atoms with Gasteiger partial charge in [0.05, 0.1) is 24.7 Å². The third-order valence-electron chi connectivity index (χ3n) is 2.03. The van der Waals surface area contributed by atoms with Gasteiger partial charge < -0.3 is 20.6 Å². The van der Waals surface area contributed by atoms with E-state index in [0.29, 0.717) is 13.0 Å². The van der Waals surface area contributed by atoms with Crippen LogP contribution in [-0.4, -0.2) is 46.1 Å². The van der Waals surface area contributed by atoms with Crippen LogP contribution in [0, 0.1) is 0 Å². The highest BCUT2D eigenvalue weighted by molar-refractivity contribution is 5.67. The first kappa shape index (κ1) is 9.44. The lowest BCUT2D eigenvalue weighted by Gasteiger charge is -2.19. The van der Waals surface area contributed by atoms with E-state index in [1.54, 1.807) is 0 Å². The van der Waals surface area contributed by atoms with Crippen LogP contribution in [0.15, 0.2) is 0 Å². The largest absolute Gasteiger partial charge is 0.481 e. The molecule has 1 saturated heterocycles. The topological polar surface area (TPSA) is 89.8 Å². The molecule has 3 atom stereocenters. The van der Waals surface area contributed by atoms with Crippen LogP contribution in [0.4, 0.5) is 0 Å². The quantitative estimate of drug-likeness (QED) is 0.421. The molecule has 0 saturated carbocycles. The summed E-state index contributed by atoms with van der Waals surface area (Å²) in [6, 6.07) is -0.485. The highest BCUT2D eigenvalue weighted by Crippen LogP contribution is 2.12. The van der Waals surface area contributed by atoms with E-state index in [4.69, 9.17) is 5.11 Å². The molecule has 0 radical (unpaired) electrons. The van der Waals surface area contributed by atoms with Crippen LogP contribution in [0.5, 0.6) is 0 Å². The van der Waals surface area contributed by atoms with Crippen LogP contribution in [0.1, 0.15) is 12.8 Å². The maximum absolute atomic E-state index is 10.2. The summed E-state index contributed by atoms with van der Waals surface area (Å²) in [7, 11) is 0. The van der Waals surface area contributed by atoms with Crippen molar-refractivity contribution in [1.29, 1.82) is 0 Å². The minimum absolute atomic E-state index is 0.325. The normalized spacial score (nSPS) is 31.8. The number of rotatable bonds is 3. The third kappa shape index (κ3) is 2.17. The summed E-state index contributed by atoms with van der Waals surface area (Å²) in [4.78, 5) is 10.2. The van der Waals surface area contributed by atoms with Gasteiger partial charge in [-0.2, -0.15) is 0 Å². The Labute approximate surface area is 70.0 Å². The van der Waals surface area contributed by atoms with Crippen molar-refractivity contribution in [3.05, 3.63) is 0 Å². The Kier molecular flexibility index (Phi) is 3.02. The second-order valence-corrected chi connectivity index (χ2v) is 3.00. The smallest absolute Gasteiger partial charge is 0.306 e. The van der Waals surface area contributed by atoms with Crippen molar-refractivity contribution in [3.63, 3.8) is 0 Å². The molecule has 1 heterocycles. The summed E-state index contributed by atoms with van der Waals surface area (Å²) in [5.74, 6) is -1.05. The minimum Gasteiger partial charge on any atom is -0.481 e. The molecule has 0 bridgehead atoms. The van der Waals surface area contributed by atoms with Crippen molar-refractivity contribution < 1.29 is 20.1 Å². The van der Waals surface area contributed by atoms with Crippen molar-refractivity contribution in [2.75, 3.05) is 6.54 Å². The van der Waals surface area contributed by atoms with E-state index >= 15 is 0 Å². The number of nitrogens with one attached hydrogen (secondary N) is 1. The van der Waals surface area contributed by atoms with Crippen LogP contribution in [0.3, 0.4) is 0 Å². The van der Waals surface area contributed by atoms with Crippen LogP contribution in [0.25, 0.3) is 0 Å². The molecule has 1 aliphatic heterocycles. The van der Waals surface area contributed by atoms with Crippen molar-refractivity contribution >= 4 is 5.97 Å². The predicted molar refractivity (Wildman–Crippen MR) is 40.7 cm³/mol. The van der Waals surface area contributed by atoms with Crippen molar-refractivity contribution in [2.24, 2.45) is 0 Å². The number of aliphatic carboxylic acids is 1. The van der Waals surface area contributed by atoms with Gasteiger partial charge in [0.2, 0.25) is 0 Å². The average Bonchev–Trinajstić information content (AvgIpc) is 2.33. The standard InChI is InChI=1S/C7H13NO4/c9-4-1-2-8-7(4)5(10)3-6(11)12/h4-5,7-10H,1-3H2,(H,11,12)/t4-,5+,7-/m1/s1. The molecule has 5 heteroatoms. The van der Waals surface area contributed by atoms with Gasteiger partial charge in [-0.1, -0.05) is 0 Å². The predicted octanol–water partition coefficient (Wildman–Crippen LogP) is -1.46. The second kappa shape index (κ2) is 3.84. The molecule has 0 aromatic heterocycles. The SMILES string of the molecule is O=C(O)C[C@H](O)[C@@H]1NCC[C@H]1O. The number of aliphatic hydroxyl groups excluding tert-OH is 2. The molecule has 70 valence electrons. The molecule has 1 rings (SSSR count). The van der Waals surface area contributed by atoms with E-state index in [2.05, 4.69) is 5.32 Å². The number of carboxylic acid groups (broad SMARTS) is 1. The zero-order chi connectivity index (χ0) is 9.14. The van der Waals surface area contributed by atoms with E-state index in [0.717, 1.165) is 0 Å². The van der Waals surface area contributed by atoms with Gasteiger partial charge in [-0.3, -0.25) is 4.79 Å².